The Balaban J connectivity index is 1.42. The van der Waals surface area contributed by atoms with Gasteiger partial charge in [0, 0.05) is 24.2 Å². The van der Waals surface area contributed by atoms with Crippen LogP contribution in [0.5, 0.6) is 5.75 Å². The van der Waals surface area contributed by atoms with Gasteiger partial charge >= 0.3 is 0 Å². The lowest BCUT2D eigenvalue weighted by molar-refractivity contribution is -0.129. The van der Waals surface area contributed by atoms with Crippen LogP contribution < -0.4 is 15.0 Å². The van der Waals surface area contributed by atoms with Gasteiger partial charge < -0.3 is 15.0 Å². The molecule has 1 aromatic heterocycles. The third-order valence-corrected chi connectivity index (χ3v) is 6.79. The molecule has 8 heteroatoms. The van der Waals surface area contributed by atoms with E-state index in [0.717, 1.165) is 28.1 Å². The minimum absolute atomic E-state index is 0.00694. The van der Waals surface area contributed by atoms with Crippen molar-refractivity contribution in [1.29, 1.82) is 0 Å². The summed E-state index contributed by atoms with van der Waals surface area (Å²) < 4.78 is 7.33. The average Bonchev–Trinajstić information content (AvgIpc) is 3.47. The summed E-state index contributed by atoms with van der Waals surface area (Å²) in [6.45, 7) is 2.39. The van der Waals surface area contributed by atoms with Gasteiger partial charge in [-0.15, -0.1) is 0 Å². The van der Waals surface area contributed by atoms with Gasteiger partial charge in [-0.3, -0.25) is 9.59 Å². The Morgan fingerprint density at radius 3 is 2.46 bits per heavy atom. The predicted octanol–water partition coefficient (Wildman–Crippen LogP) is 4.39. The lowest BCUT2D eigenvalue weighted by Crippen LogP contribution is -2.48. The summed E-state index contributed by atoms with van der Waals surface area (Å²) in [7, 11) is 1.61. The second-order valence-corrected chi connectivity index (χ2v) is 9.16. The van der Waals surface area contributed by atoms with Gasteiger partial charge in [0.2, 0.25) is 11.8 Å². The number of hydrogen-bond donors (Lipinski definition) is 1. The molecule has 3 aromatic carbocycles. The summed E-state index contributed by atoms with van der Waals surface area (Å²) in [5.74, 6) is 0.110. The van der Waals surface area contributed by atoms with Crippen molar-refractivity contribution in [1.82, 2.24) is 20.1 Å². The molecule has 5 rings (SSSR count). The third kappa shape index (κ3) is 5.09. The Morgan fingerprint density at radius 2 is 1.76 bits per heavy atom. The Morgan fingerprint density at radius 1 is 1.03 bits per heavy atom. The molecule has 0 spiro atoms. The SMILES string of the molecule is COc1ccccc1C1C(C(=O)NCc2ccc(-n3cncn3)cc2)CCC(=O)N1c1ccc(C)cc1. The zero-order chi connectivity index (χ0) is 25.8. The summed E-state index contributed by atoms with van der Waals surface area (Å²) in [4.78, 5) is 32.6. The van der Waals surface area contributed by atoms with E-state index in [9.17, 15) is 9.59 Å². The Hall–Kier alpha value is -4.46. The van der Waals surface area contributed by atoms with Crippen LogP contribution >= 0.6 is 0 Å². The summed E-state index contributed by atoms with van der Waals surface area (Å²) in [5.41, 5.74) is 4.55. The predicted molar refractivity (Wildman–Crippen MR) is 140 cm³/mol. The van der Waals surface area contributed by atoms with Crippen LogP contribution in [0, 0.1) is 12.8 Å². The second kappa shape index (κ2) is 10.7. The fraction of sp³-hybridized carbons (Fsp3) is 0.241. The van der Waals surface area contributed by atoms with Crippen LogP contribution in [0.25, 0.3) is 5.69 Å². The number of carbonyl (C=O) groups excluding carboxylic acids is 2. The van der Waals surface area contributed by atoms with Crippen LogP contribution in [0.4, 0.5) is 5.69 Å². The maximum absolute atomic E-state index is 13.6. The molecule has 1 N–H and O–H groups in total. The molecule has 0 radical (unpaired) electrons. The smallest absolute Gasteiger partial charge is 0.227 e. The van der Waals surface area contributed by atoms with Crippen LogP contribution in [-0.2, 0) is 16.1 Å². The molecule has 0 aliphatic carbocycles. The molecular formula is C29H29N5O3. The third-order valence-electron chi connectivity index (χ3n) is 6.79. The van der Waals surface area contributed by atoms with E-state index >= 15 is 0 Å². The molecule has 2 unspecified atom stereocenters. The summed E-state index contributed by atoms with van der Waals surface area (Å²) >= 11 is 0. The minimum atomic E-state index is -0.491. The average molecular weight is 496 g/mol. The number of nitrogens with one attached hydrogen (secondary N) is 1. The molecule has 1 aliphatic heterocycles. The number of anilines is 1. The topological polar surface area (TPSA) is 89.3 Å². The number of ether oxygens (including phenoxy) is 1. The van der Waals surface area contributed by atoms with E-state index < -0.39 is 12.0 Å². The van der Waals surface area contributed by atoms with Crippen molar-refractivity contribution >= 4 is 17.5 Å². The van der Waals surface area contributed by atoms with Crippen LogP contribution in [-0.4, -0.2) is 33.7 Å². The Bertz CT molecular complexity index is 1370. The van der Waals surface area contributed by atoms with Gasteiger partial charge in [0.15, 0.2) is 0 Å². The highest BCUT2D eigenvalue weighted by Crippen LogP contribution is 2.43. The number of piperidine rings is 1. The number of aryl methyl sites for hydroxylation is 1. The lowest BCUT2D eigenvalue weighted by atomic mass is 9.82. The number of carbonyl (C=O) groups is 2. The zero-order valence-corrected chi connectivity index (χ0v) is 20.9. The van der Waals surface area contributed by atoms with Crippen LogP contribution in [0.3, 0.4) is 0 Å². The van der Waals surface area contributed by atoms with Crippen molar-refractivity contribution in [3.05, 3.63) is 102 Å². The molecule has 1 saturated heterocycles. The summed E-state index contributed by atoms with van der Waals surface area (Å²) in [6.07, 6.45) is 3.88. The first-order valence-electron chi connectivity index (χ1n) is 12.3. The van der Waals surface area contributed by atoms with E-state index in [1.54, 1.807) is 23.0 Å². The largest absolute Gasteiger partial charge is 0.496 e. The van der Waals surface area contributed by atoms with E-state index in [0.29, 0.717) is 25.1 Å². The van der Waals surface area contributed by atoms with Crippen molar-refractivity contribution in [2.45, 2.75) is 32.4 Å². The van der Waals surface area contributed by atoms with Gasteiger partial charge in [-0.1, -0.05) is 48.0 Å². The first kappa shape index (κ1) is 24.2. The number of aromatic nitrogens is 3. The van der Waals surface area contributed by atoms with E-state index in [1.807, 2.05) is 79.7 Å². The van der Waals surface area contributed by atoms with E-state index in [1.165, 1.54) is 6.33 Å². The summed E-state index contributed by atoms with van der Waals surface area (Å²) in [5, 5.41) is 7.24. The molecule has 1 fully saturated rings. The zero-order valence-electron chi connectivity index (χ0n) is 20.9. The van der Waals surface area contributed by atoms with E-state index in [-0.39, 0.29) is 11.8 Å². The summed E-state index contributed by atoms with van der Waals surface area (Å²) in [6, 6.07) is 22.7. The molecule has 37 heavy (non-hydrogen) atoms. The molecule has 188 valence electrons. The van der Waals surface area contributed by atoms with Gasteiger partial charge in [-0.05, 0) is 49.2 Å². The highest BCUT2D eigenvalue weighted by atomic mass is 16.5. The van der Waals surface area contributed by atoms with Crippen molar-refractivity contribution in [2.24, 2.45) is 5.92 Å². The first-order valence-corrected chi connectivity index (χ1v) is 12.3. The normalized spacial score (nSPS) is 17.5. The van der Waals surface area contributed by atoms with Crippen molar-refractivity contribution < 1.29 is 14.3 Å². The first-order chi connectivity index (χ1) is 18.0. The standard InChI is InChI=1S/C29H29N5O3/c1-20-7-11-23(12-8-20)34-27(35)16-15-25(28(34)24-5-3-4-6-26(24)37-2)29(36)31-17-21-9-13-22(14-10-21)33-19-30-18-32-33/h3-14,18-19,25,28H,15-17H2,1-2H3,(H,31,36). The number of hydrogen-bond acceptors (Lipinski definition) is 5. The number of methoxy groups -OCH3 is 1. The maximum atomic E-state index is 13.6. The van der Waals surface area contributed by atoms with E-state index in [2.05, 4.69) is 15.4 Å². The molecule has 0 bridgehead atoms. The van der Waals surface area contributed by atoms with Gasteiger partial charge in [-0.2, -0.15) is 5.10 Å². The van der Waals surface area contributed by atoms with Crippen molar-refractivity contribution in [3.8, 4) is 11.4 Å². The molecular weight excluding hydrogens is 466 g/mol. The highest BCUT2D eigenvalue weighted by molar-refractivity contribution is 5.97. The monoisotopic (exact) mass is 495 g/mol. The number of benzene rings is 3. The highest BCUT2D eigenvalue weighted by Gasteiger charge is 2.42. The maximum Gasteiger partial charge on any atom is 0.227 e. The number of nitrogens with zero attached hydrogens (tertiary/aromatic N) is 4. The Kier molecular flexibility index (Phi) is 6.98. The van der Waals surface area contributed by atoms with E-state index in [4.69, 9.17) is 4.74 Å². The van der Waals surface area contributed by atoms with Crippen LogP contribution in [0.15, 0.2) is 85.5 Å². The lowest BCUT2D eigenvalue weighted by Gasteiger charge is -2.41. The van der Waals surface area contributed by atoms with Gasteiger partial charge in [0.25, 0.3) is 0 Å². The van der Waals surface area contributed by atoms with Gasteiger partial charge in [-0.25, -0.2) is 9.67 Å². The van der Waals surface area contributed by atoms with Gasteiger partial charge in [0.1, 0.15) is 18.4 Å². The fourth-order valence-corrected chi connectivity index (χ4v) is 4.87. The molecule has 2 heterocycles. The molecule has 1 aliphatic rings. The molecule has 8 nitrogen and oxygen atoms in total. The van der Waals surface area contributed by atoms with Crippen LogP contribution in [0.2, 0.25) is 0 Å². The van der Waals surface area contributed by atoms with Crippen molar-refractivity contribution in [3.63, 3.8) is 0 Å². The molecule has 2 amide bonds. The second-order valence-electron chi connectivity index (χ2n) is 9.16. The van der Waals surface area contributed by atoms with Crippen molar-refractivity contribution in [2.75, 3.05) is 12.0 Å². The Labute approximate surface area is 215 Å². The number of rotatable bonds is 7. The minimum Gasteiger partial charge on any atom is -0.496 e. The molecule has 4 aromatic rings. The molecule has 2 atom stereocenters. The molecule has 0 saturated carbocycles. The quantitative estimate of drug-likeness (QED) is 0.411. The fourth-order valence-electron chi connectivity index (χ4n) is 4.87. The van der Waals surface area contributed by atoms with Gasteiger partial charge in [0.05, 0.1) is 24.8 Å². The number of amides is 2. The van der Waals surface area contributed by atoms with Crippen LogP contribution in [0.1, 0.15) is 35.6 Å². The number of para-hydroxylation sites is 1.